The minimum atomic E-state index is -3.44. The highest BCUT2D eigenvalue weighted by Crippen LogP contribution is 2.49. The molecular formula is C15H20ClNO2S. The van der Waals surface area contributed by atoms with Crippen LogP contribution in [0.3, 0.4) is 0 Å². The van der Waals surface area contributed by atoms with E-state index in [1.807, 2.05) is 6.92 Å². The summed E-state index contributed by atoms with van der Waals surface area (Å²) in [6, 6.07) is 6.33. The zero-order valence-electron chi connectivity index (χ0n) is 11.5. The highest BCUT2D eigenvalue weighted by atomic mass is 35.5. The lowest BCUT2D eigenvalue weighted by atomic mass is 9.84. The molecule has 0 heterocycles. The highest BCUT2D eigenvalue weighted by Gasteiger charge is 2.42. The molecule has 3 nitrogen and oxygen atoms in total. The molecule has 0 amide bonds. The van der Waals surface area contributed by atoms with Crippen molar-refractivity contribution in [1.82, 2.24) is 4.72 Å². The molecule has 0 aromatic heterocycles. The third-order valence-corrected chi connectivity index (χ3v) is 6.73. The van der Waals surface area contributed by atoms with Crippen molar-refractivity contribution in [2.75, 3.05) is 0 Å². The van der Waals surface area contributed by atoms with Crippen LogP contribution in [0.15, 0.2) is 29.2 Å². The number of sulfonamides is 1. The van der Waals surface area contributed by atoms with Crippen LogP contribution in [0, 0.1) is 17.8 Å². The molecule has 2 aliphatic carbocycles. The van der Waals surface area contributed by atoms with Gasteiger partial charge in [-0.2, -0.15) is 0 Å². The quantitative estimate of drug-likeness (QED) is 0.925. The lowest BCUT2D eigenvalue weighted by Crippen LogP contribution is -2.40. The Labute approximate surface area is 125 Å². The molecule has 0 spiro atoms. The van der Waals surface area contributed by atoms with Crippen molar-refractivity contribution in [3.05, 3.63) is 29.3 Å². The minimum Gasteiger partial charge on any atom is -0.208 e. The summed E-state index contributed by atoms with van der Waals surface area (Å²) in [6.07, 6.45) is 5.06. The van der Waals surface area contributed by atoms with Crippen LogP contribution in [0.2, 0.25) is 5.02 Å². The second-order valence-corrected chi connectivity index (χ2v) is 8.35. The lowest BCUT2D eigenvalue weighted by Gasteiger charge is -2.28. The summed E-state index contributed by atoms with van der Waals surface area (Å²) in [6.45, 7) is 2.00. The van der Waals surface area contributed by atoms with Crippen molar-refractivity contribution in [2.45, 2.75) is 43.5 Å². The third kappa shape index (κ3) is 2.74. The Kier molecular flexibility index (Phi) is 3.82. The number of hydrogen-bond donors (Lipinski definition) is 1. The van der Waals surface area contributed by atoms with E-state index in [4.69, 9.17) is 11.6 Å². The van der Waals surface area contributed by atoms with Crippen LogP contribution in [0.5, 0.6) is 0 Å². The molecule has 0 aliphatic heterocycles. The zero-order chi connectivity index (χ0) is 14.3. The normalized spacial score (nSPS) is 30.6. The van der Waals surface area contributed by atoms with Gasteiger partial charge in [0.25, 0.3) is 0 Å². The Morgan fingerprint density at radius 1 is 1.20 bits per heavy atom. The summed E-state index contributed by atoms with van der Waals surface area (Å²) in [5.41, 5.74) is 0. The van der Waals surface area contributed by atoms with E-state index in [1.54, 1.807) is 24.3 Å². The van der Waals surface area contributed by atoms with Gasteiger partial charge in [-0.25, -0.2) is 13.1 Å². The smallest absolute Gasteiger partial charge is 0.208 e. The molecular weight excluding hydrogens is 294 g/mol. The molecule has 2 saturated carbocycles. The molecule has 4 atom stereocenters. The van der Waals surface area contributed by atoms with Crippen molar-refractivity contribution in [1.29, 1.82) is 0 Å². The van der Waals surface area contributed by atoms with Crippen LogP contribution in [-0.2, 0) is 10.0 Å². The first-order valence-electron chi connectivity index (χ1n) is 7.23. The molecule has 3 rings (SSSR count). The first-order valence-corrected chi connectivity index (χ1v) is 9.10. The van der Waals surface area contributed by atoms with Crippen LogP contribution >= 0.6 is 11.6 Å². The predicted octanol–water partition coefficient (Wildman–Crippen LogP) is 3.44. The van der Waals surface area contributed by atoms with Gasteiger partial charge in [0.2, 0.25) is 10.0 Å². The van der Waals surface area contributed by atoms with Crippen molar-refractivity contribution in [3.8, 4) is 0 Å². The first-order chi connectivity index (χ1) is 9.45. The summed E-state index contributed by atoms with van der Waals surface area (Å²) < 4.78 is 27.6. The molecule has 2 fully saturated rings. The van der Waals surface area contributed by atoms with E-state index in [-0.39, 0.29) is 10.9 Å². The highest BCUT2D eigenvalue weighted by molar-refractivity contribution is 7.89. The van der Waals surface area contributed by atoms with Crippen LogP contribution < -0.4 is 4.72 Å². The topological polar surface area (TPSA) is 46.2 Å². The van der Waals surface area contributed by atoms with E-state index in [9.17, 15) is 8.42 Å². The molecule has 1 N–H and O–H groups in total. The molecule has 20 heavy (non-hydrogen) atoms. The van der Waals surface area contributed by atoms with Gasteiger partial charge in [0, 0.05) is 11.1 Å². The fourth-order valence-corrected chi connectivity index (χ4v) is 5.34. The monoisotopic (exact) mass is 313 g/mol. The Hall–Kier alpha value is -0.580. The van der Waals surface area contributed by atoms with Gasteiger partial charge < -0.3 is 0 Å². The lowest BCUT2D eigenvalue weighted by molar-refractivity contribution is 0.280. The van der Waals surface area contributed by atoms with Crippen LogP contribution in [0.25, 0.3) is 0 Å². The van der Waals surface area contributed by atoms with Crippen LogP contribution in [-0.4, -0.2) is 14.5 Å². The van der Waals surface area contributed by atoms with E-state index in [0.29, 0.717) is 16.9 Å². The number of nitrogens with one attached hydrogen (secondary N) is 1. The Balaban J connectivity index is 1.71. The average molecular weight is 314 g/mol. The summed E-state index contributed by atoms with van der Waals surface area (Å²) in [5, 5.41) is 0.546. The van der Waals surface area contributed by atoms with E-state index in [1.165, 1.54) is 25.7 Å². The molecule has 1 aromatic carbocycles. The van der Waals surface area contributed by atoms with Gasteiger partial charge in [-0.1, -0.05) is 18.0 Å². The number of rotatable bonds is 4. The Morgan fingerprint density at radius 3 is 2.45 bits per heavy atom. The minimum absolute atomic E-state index is 0.00554. The summed E-state index contributed by atoms with van der Waals surface area (Å²) >= 11 is 5.80. The first kappa shape index (κ1) is 14.4. The van der Waals surface area contributed by atoms with Gasteiger partial charge in [-0.05, 0) is 68.2 Å². The van der Waals surface area contributed by atoms with E-state index >= 15 is 0 Å². The van der Waals surface area contributed by atoms with E-state index in [2.05, 4.69) is 4.72 Å². The van der Waals surface area contributed by atoms with Crippen molar-refractivity contribution in [2.24, 2.45) is 17.8 Å². The molecule has 0 unspecified atom stereocenters. The fourth-order valence-electron chi connectivity index (χ4n) is 3.92. The van der Waals surface area contributed by atoms with Gasteiger partial charge in [-0.3, -0.25) is 0 Å². The van der Waals surface area contributed by atoms with E-state index < -0.39 is 10.0 Å². The second kappa shape index (κ2) is 5.32. The number of halogens is 1. The molecule has 0 saturated heterocycles. The maximum Gasteiger partial charge on any atom is 0.240 e. The van der Waals surface area contributed by atoms with Gasteiger partial charge >= 0.3 is 0 Å². The number of fused-ring (bicyclic) bond motifs is 2. The molecule has 1 aromatic rings. The van der Waals surface area contributed by atoms with Crippen molar-refractivity contribution < 1.29 is 8.42 Å². The molecule has 2 bridgehead atoms. The molecule has 110 valence electrons. The van der Waals surface area contributed by atoms with Gasteiger partial charge in [0.05, 0.1) is 4.90 Å². The van der Waals surface area contributed by atoms with Crippen molar-refractivity contribution >= 4 is 21.6 Å². The number of hydrogen-bond acceptors (Lipinski definition) is 2. The van der Waals surface area contributed by atoms with Gasteiger partial charge in [0.15, 0.2) is 0 Å². The van der Waals surface area contributed by atoms with Crippen molar-refractivity contribution in [3.63, 3.8) is 0 Å². The largest absolute Gasteiger partial charge is 0.240 e. The standard InChI is InChI=1S/C15H20ClNO2S/c1-10(15-9-11-2-3-12(15)8-11)17-20(18,19)14-6-4-13(16)5-7-14/h4-7,10-12,15,17H,2-3,8-9H2,1H3/t10-,11+,12+,15+/m1/s1. The average Bonchev–Trinajstić information content (AvgIpc) is 3.01. The molecule has 2 aliphatic rings. The maximum atomic E-state index is 12.4. The van der Waals surface area contributed by atoms with Crippen LogP contribution in [0.1, 0.15) is 32.6 Å². The maximum absolute atomic E-state index is 12.4. The van der Waals surface area contributed by atoms with Gasteiger partial charge in [0.1, 0.15) is 0 Å². The Bertz CT molecular complexity index is 584. The Morgan fingerprint density at radius 2 is 1.90 bits per heavy atom. The predicted molar refractivity (Wildman–Crippen MR) is 80.2 cm³/mol. The second-order valence-electron chi connectivity index (χ2n) is 6.20. The zero-order valence-corrected chi connectivity index (χ0v) is 13.1. The summed E-state index contributed by atoms with van der Waals surface area (Å²) in [7, 11) is -3.44. The summed E-state index contributed by atoms with van der Waals surface area (Å²) in [5.74, 6) is 2.03. The fraction of sp³-hybridized carbons (Fsp3) is 0.600. The molecule has 5 heteroatoms. The summed E-state index contributed by atoms with van der Waals surface area (Å²) in [4.78, 5) is 0.289. The van der Waals surface area contributed by atoms with Gasteiger partial charge in [-0.15, -0.1) is 0 Å². The van der Waals surface area contributed by atoms with E-state index in [0.717, 1.165) is 5.92 Å². The third-order valence-electron chi connectivity index (χ3n) is 4.90. The molecule has 0 radical (unpaired) electrons. The SMILES string of the molecule is C[C@@H](NS(=O)(=O)c1ccc(Cl)cc1)[C@@H]1C[C@H]2CC[C@H]1C2. The number of benzene rings is 1. The van der Waals surface area contributed by atoms with Crippen LogP contribution in [0.4, 0.5) is 0 Å².